The predicted molar refractivity (Wildman–Crippen MR) is 73.5 cm³/mol. The number of likely N-dealkylation sites (tertiary alicyclic amines) is 1. The molecule has 20 heavy (non-hydrogen) atoms. The van der Waals surface area contributed by atoms with Crippen LogP contribution in [-0.2, 0) is 4.74 Å². The molecule has 0 radical (unpaired) electrons. The number of hydrogen-bond acceptors (Lipinski definition) is 5. The molecule has 1 saturated heterocycles. The van der Waals surface area contributed by atoms with E-state index in [1.54, 1.807) is 4.90 Å². The summed E-state index contributed by atoms with van der Waals surface area (Å²) in [7, 11) is 1.30. The van der Waals surface area contributed by atoms with Gasteiger partial charge >= 0.3 is 6.09 Å². The second-order valence-electron chi connectivity index (χ2n) is 4.48. The Morgan fingerprint density at radius 2 is 2.35 bits per heavy atom. The molecule has 1 aromatic heterocycles. The average Bonchev–Trinajstić information content (AvgIpc) is 2.89. The fourth-order valence-corrected chi connectivity index (χ4v) is 2.26. The molecule has 2 heterocycles. The van der Waals surface area contributed by atoms with Crippen LogP contribution in [0.2, 0.25) is 5.15 Å². The summed E-state index contributed by atoms with van der Waals surface area (Å²) in [6, 6.07) is 1.37. The van der Waals surface area contributed by atoms with E-state index in [9.17, 15) is 9.59 Å². The Hall–Kier alpha value is -2.02. The van der Waals surface area contributed by atoms with Crippen LogP contribution in [-0.4, -0.2) is 48.1 Å². The van der Waals surface area contributed by atoms with Crippen molar-refractivity contribution >= 4 is 29.3 Å². The number of methoxy groups -OCH3 is 1. The van der Waals surface area contributed by atoms with Crippen molar-refractivity contribution in [3.8, 4) is 0 Å². The van der Waals surface area contributed by atoms with Crippen LogP contribution >= 0.6 is 11.6 Å². The first-order chi connectivity index (χ1) is 9.51. The quantitative estimate of drug-likeness (QED) is 0.790. The highest BCUT2D eigenvalue weighted by Gasteiger charge is 2.29. The van der Waals surface area contributed by atoms with Gasteiger partial charge < -0.3 is 20.7 Å². The molecule has 0 aromatic carbocycles. The summed E-state index contributed by atoms with van der Waals surface area (Å²) in [5, 5.41) is 2.78. The van der Waals surface area contributed by atoms with Crippen molar-refractivity contribution in [1.29, 1.82) is 0 Å². The van der Waals surface area contributed by atoms with Crippen LogP contribution in [0.25, 0.3) is 0 Å². The SMILES string of the molecule is COC(=O)NC1CCN(C(=O)c2cc(N)cnc2Cl)C1. The normalized spacial score (nSPS) is 17.9. The Morgan fingerprint density at radius 3 is 3.05 bits per heavy atom. The number of nitrogens with two attached hydrogens (primary N) is 1. The summed E-state index contributed by atoms with van der Waals surface area (Å²) in [5.41, 5.74) is 6.25. The standard InChI is InChI=1S/C12H15ClN4O3/c1-20-12(19)16-8-2-3-17(6-8)11(18)9-4-7(14)5-15-10(9)13/h4-5,8H,2-3,6,14H2,1H3,(H,16,19). The van der Waals surface area contributed by atoms with Gasteiger partial charge in [-0.1, -0.05) is 11.6 Å². The smallest absolute Gasteiger partial charge is 0.407 e. The van der Waals surface area contributed by atoms with Crippen molar-refractivity contribution in [2.75, 3.05) is 25.9 Å². The minimum Gasteiger partial charge on any atom is -0.453 e. The van der Waals surface area contributed by atoms with E-state index in [1.165, 1.54) is 19.4 Å². The van der Waals surface area contributed by atoms with E-state index in [-0.39, 0.29) is 22.7 Å². The highest BCUT2D eigenvalue weighted by Crippen LogP contribution is 2.20. The maximum Gasteiger partial charge on any atom is 0.407 e. The summed E-state index contributed by atoms with van der Waals surface area (Å²) in [6.07, 6.45) is 1.55. The van der Waals surface area contributed by atoms with E-state index in [2.05, 4.69) is 15.0 Å². The van der Waals surface area contributed by atoms with Gasteiger partial charge in [-0.05, 0) is 12.5 Å². The lowest BCUT2D eigenvalue weighted by molar-refractivity contribution is 0.0788. The Balaban J connectivity index is 2.04. The molecule has 0 saturated carbocycles. The highest BCUT2D eigenvalue weighted by atomic mass is 35.5. The van der Waals surface area contributed by atoms with Gasteiger partial charge in [-0.25, -0.2) is 9.78 Å². The number of anilines is 1. The molecule has 8 heteroatoms. The minimum absolute atomic E-state index is 0.119. The zero-order valence-corrected chi connectivity index (χ0v) is 11.7. The van der Waals surface area contributed by atoms with Crippen LogP contribution in [0, 0.1) is 0 Å². The summed E-state index contributed by atoms with van der Waals surface area (Å²) in [5.74, 6) is -0.246. The van der Waals surface area contributed by atoms with E-state index in [1.807, 2.05) is 0 Å². The third-order valence-corrected chi connectivity index (χ3v) is 3.37. The number of halogens is 1. The number of pyridine rings is 1. The number of nitrogens with one attached hydrogen (secondary N) is 1. The minimum atomic E-state index is -0.507. The second kappa shape index (κ2) is 5.96. The van der Waals surface area contributed by atoms with Crippen molar-refractivity contribution in [2.45, 2.75) is 12.5 Å². The Morgan fingerprint density at radius 1 is 1.60 bits per heavy atom. The monoisotopic (exact) mass is 298 g/mol. The number of nitrogens with zero attached hydrogens (tertiary/aromatic N) is 2. The van der Waals surface area contributed by atoms with Crippen molar-refractivity contribution in [2.24, 2.45) is 0 Å². The van der Waals surface area contributed by atoms with Crippen LogP contribution in [0.4, 0.5) is 10.5 Å². The Kier molecular flexibility index (Phi) is 4.29. The van der Waals surface area contributed by atoms with Crippen LogP contribution in [0.1, 0.15) is 16.8 Å². The topological polar surface area (TPSA) is 97.5 Å². The summed E-state index contributed by atoms with van der Waals surface area (Å²) >= 11 is 5.91. The molecule has 1 atom stereocenters. The van der Waals surface area contributed by atoms with Gasteiger partial charge in [-0.15, -0.1) is 0 Å². The largest absolute Gasteiger partial charge is 0.453 e. The van der Waals surface area contributed by atoms with E-state index in [0.717, 1.165) is 0 Å². The lowest BCUT2D eigenvalue weighted by Gasteiger charge is -2.17. The molecule has 1 fully saturated rings. The first kappa shape index (κ1) is 14.4. The molecule has 7 nitrogen and oxygen atoms in total. The van der Waals surface area contributed by atoms with Gasteiger partial charge in [0.25, 0.3) is 5.91 Å². The number of amides is 2. The van der Waals surface area contributed by atoms with E-state index >= 15 is 0 Å². The second-order valence-corrected chi connectivity index (χ2v) is 4.84. The Bertz CT molecular complexity index is 537. The molecule has 108 valence electrons. The van der Waals surface area contributed by atoms with Crippen LogP contribution in [0.15, 0.2) is 12.3 Å². The van der Waals surface area contributed by atoms with Crippen molar-refractivity contribution in [1.82, 2.24) is 15.2 Å². The first-order valence-corrected chi connectivity index (χ1v) is 6.44. The van der Waals surface area contributed by atoms with E-state index in [0.29, 0.717) is 25.2 Å². The third kappa shape index (κ3) is 3.11. The number of rotatable bonds is 2. The maximum atomic E-state index is 12.3. The third-order valence-electron chi connectivity index (χ3n) is 3.07. The molecule has 2 rings (SSSR count). The molecule has 1 aromatic rings. The van der Waals surface area contributed by atoms with E-state index in [4.69, 9.17) is 17.3 Å². The van der Waals surface area contributed by atoms with Gasteiger partial charge in [-0.2, -0.15) is 0 Å². The fraction of sp³-hybridized carbons (Fsp3) is 0.417. The summed E-state index contributed by atoms with van der Waals surface area (Å²) in [6.45, 7) is 0.928. The number of alkyl carbamates (subject to hydrolysis) is 1. The summed E-state index contributed by atoms with van der Waals surface area (Å²) in [4.78, 5) is 28.9. The lowest BCUT2D eigenvalue weighted by atomic mass is 10.2. The molecular formula is C12H15ClN4O3. The molecule has 1 aliphatic heterocycles. The molecule has 1 unspecified atom stereocenters. The zero-order chi connectivity index (χ0) is 14.7. The molecule has 3 N–H and O–H groups in total. The first-order valence-electron chi connectivity index (χ1n) is 6.06. The van der Waals surface area contributed by atoms with Crippen molar-refractivity contribution in [3.63, 3.8) is 0 Å². The van der Waals surface area contributed by atoms with Gasteiger partial charge in [-0.3, -0.25) is 4.79 Å². The summed E-state index contributed by atoms with van der Waals surface area (Å²) < 4.78 is 4.53. The van der Waals surface area contributed by atoms with Gasteiger partial charge in [0.05, 0.1) is 30.6 Å². The number of aromatic nitrogens is 1. The highest BCUT2D eigenvalue weighted by molar-refractivity contribution is 6.32. The molecule has 2 amide bonds. The number of carbonyl (C=O) groups excluding carboxylic acids is 2. The average molecular weight is 299 g/mol. The number of carbonyl (C=O) groups is 2. The zero-order valence-electron chi connectivity index (χ0n) is 10.9. The maximum absolute atomic E-state index is 12.3. The van der Waals surface area contributed by atoms with Crippen molar-refractivity contribution < 1.29 is 14.3 Å². The lowest BCUT2D eigenvalue weighted by Crippen LogP contribution is -2.38. The number of ether oxygens (including phenoxy) is 1. The molecule has 0 bridgehead atoms. The van der Waals surface area contributed by atoms with Crippen molar-refractivity contribution in [3.05, 3.63) is 23.0 Å². The van der Waals surface area contributed by atoms with Gasteiger partial charge in [0.2, 0.25) is 0 Å². The van der Waals surface area contributed by atoms with Crippen LogP contribution < -0.4 is 11.1 Å². The van der Waals surface area contributed by atoms with E-state index < -0.39 is 6.09 Å². The fourth-order valence-electron chi connectivity index (χ4n) is 2.07. The van der Waals surface area contributed by atoms with Gasteiger partial charge in [0, 0.05) is 13.1 Å². The molecule has 0 aliphatic carbocycles. The Labute approximate surface area is 121 Å². The number of nitrogen functional groups attached to an aromatic ring is 1. The van der Waals surface area contributed by atoms with Crippen LogP contribution in [0.5, 0.6) is 0 Å². The van der Waals surface area contributed by atoms with Gasteiger partial charge in [0.15, 0.2) is 0 Å². The number of hydrogen-bond donors (Lipinski definition) is 2. The molecule has 0 spiro atoms. The predicted octanol–water partition coefficient (Wildman–Crippen LogP) is 0.888. The van der Waals surface area contributed by atoms with Crippen LogP contribution in [0.3, 0.4) is 0 Å². The molecular weight excluding hydrogens is 284 g/mol. The molecule has 1 aliphatic rings. The van der Waals surface area contributed by atoms with Gasteiger partial charge in [0.1, 0.15) is 5.15 Å².